The average Bonchev–Trinajstić information content (AvgIpc) is 2.71. The molecule has 0 aromatic carbocycles. The highest BCUT2D eigenvalue weighted by molar-refractivity contribution is 5.40. The molecule has 5 heteroatoms. The van der Waals surface area contributed by atoms with Crippen LogP contribution >= 0.6 is 0 Å². The zero-order chi connectivity index (χ0) is 9.80. The summed E-state index contributed by atoms with van der Waals surface area (Å²) in [4.78, 5) is 8.30. The molecule has 2 heterocycles. The molecule has 2 N–H and O–H groups in total. The van der Waals surface area contributed by atoms with E-state index < -0.39 is 0 Å². The van der Waals surface area contributed by atoms with E-state index in [9.17, 15) is 0 Å². The van der Waals surface area contributed by atoms with Gasteiger partial charge >= 0.3 is 0 Å². The minimum Gasteiger partial charge on any atom is -0.379 e. The molecule has 0 aliphatic carbocycles. The molecule has 1 fully saturated rings. The molecule has 0 saturated carbocycles. The minimum absolute atomic E-state index is 0.384. The first kappa shape index (κ1) is 9.21. The number of nitrogens with one attached hydrogen (secondary N) is 2. The largest absolute Gasteiger partial charge is 0.379 e. The Morgan fingerprint density at radius 1 is 1.57 bits per heavy atom. The van der Waals surface area contributed by atoms with Crippen molar-refractivity contribution in [2.75, 3.05) is 30.9 Å². The van der Waals surface area contributed by atoms with Gasteiger partial charge in [0, 0.05) is 19.9 Å². The van der Waals surface area contributed by atoms with E-state index in [4.69, 9.17) is 4.74 Å². The summed E-state index contributed by atoms with van der Waals surface area (Å²) < 4.78 is 5.26. The molecule has 14 heavy (non-hydrogen) atoms. The molecule has 76 valence electrons. The second-order valence-electron chi connectivity index (χ2n) is 3.22. The van der Waals surface area contributed by atoms with Crippen molar-refractivity contribution in [1.82, 2.24) is 9.97 Å². The maximum absolute atomic E-state index is 5.26. The zero-order valence-electron chi connectivity index (χ0n) is 8.16. The third kappa shape index (κ3) is 2.11. The summed E-state index contributed by atoms with van der Waals surface area (Å²) in [6.45, 7) is 1.60. The van der Waals surface area contributed by atoms with Gasteiger partial charge in [-0.1, -0.05) is 0 Å². The van der Waals surface area contributed by atoms with Gasteiger partial charge in [-0.2, -0.15) is 4.98 Å². The maximum Gasteiger partial charge on any atom is 0.224 e. The summed E-state index contributed by atoms with van der Waals surface area (Å²) in [6, 6.07) is 2.24. The van der Waals surface area contributed by atoms with Gasteiger partial charge in [-0.3, -0.25) is 0 Å². The number of hydrogen-bond acceptors (Lipinski definition) is 5. The van der Waals surface area contributed by atoms with Crippen LogP contribution in [0.1, 0.15) is 6.42 Å². The SMILES string of the molecule is CNc1nccc(NC2CCOC2)n1. The van der Waals surface area contributed by atoms with Gasteiger partial charge in [0.15, 0.2) is 0 Å². The van der Waals surface area contributed by atoms with Crippen LogP contribution in [0.25, 0.3) is 0 Å². The number of hydrogen-bond donors (Lipinski definition) is 2. The number of rotatable bonds is 3. The highest BCUT2D eigenvalue weighted by Gasteiger charge is 2.15. The van der Waals surface area contributed by atoms with Crippen LogP contribution in [0.3, 0.4) is 0 Å². The van der Waals surface area contributed by atoms with E-state index >= 15 is 0 Å². The van der Waals surface area contributed by atoms with Crippen LogP contribution < -0.4 is 10.6 Å². The van der Waals surface area contributed by atoms with Crippen LogP contribution in [0.2, 0.25) is 0 Å². The predicted octanol–water partition coefficient (Wildman–Crippen LogP) is 0.719. The van der Waals surface area contributed by atoms with E-state index in [0.717, 1.165) is 25.5 Å². The van der Waals surface area contributed by atoms with Gasteiger partial charge in [-0.15, -0.1) is 0 Å². The van der Waals surface area contributed by atoms with E-state index in [-0.39, 0.29) is 0 Å². The van der Waals surface area contributed by atoms with Crippen molar-refractivity contribution in [3.8, 4) is 0 Å². The maximum atomic E-state index is 5.26. The van der Waals surface area contributed by atoms with Gasteiger partial charge in [0.25, 0.3) is 0 Å². The lowest BCUT2D eigenvalue weighted by atomic mass is 10.2. The number of anilines is 2. The van der Waals surface area contributed by atoms with Gasteiger partial charge in [0.1, 0.15) is 5.82 Å². The summed E-state index contributed by atoms with van der Waals surface area (Å²) in [6.07, 6.45) is 2.77. The minimum atomic E-state index is 0.384. The molecule has 1 saturated heterocycles. The normalized spacial score (nSPS) is 20.8. The van der Waals surface area contributed by atoms with Crippen LogP contribution in [-0.2, 0) is 4.74 Å². The molecular formula is C9H14N4O. The van der Waals surface area contributed by atoms with E-state index in [1.54, 1.807) is 13.2 Å². The van der Waals surface area contributed by atoms with Crippen molar-refractivity contribution < 1.29 is 4.74 Å². The van der Waals surface area contributed by atoms with Gasteiger partial charge in [0.05, 0.1) is 12.6 Å². The highest BCUT2D eigenvalue weighted by Crippen LogP contribution is 2.11. The van der Waals surface area contributed by atoms with Crippen molar-refractivity contribution in [2.24, 2.45) is 0 Å². The second kappa shape index (κ2) is 4.23. The molecule has 1 aromatic heterocycles. The first-order valence-corrected chi connectivity index (χ1v) is 4.73. The molecule has 0 bridgehead atoms. The van der Waals surface area contributed by atoms with E-state index in [1.807, 2.05) is 6.07 Å². The molecule has 1 aliphatic rings. The lowest BCUT2D eigenvalue weighted by Gasteiger charge is -2.11. The Morgan fingerprint density at radius 2 is 2.50 bits per heavy atom. The van der Waals surface area contributed by atoms with Crippen LogP contribution in [0.15, 0.2) is 12.3 Å². The fraction of sp³-hybridized carbons (Fsp3) is 0.556. The lowest BCUT2D eigenvalue weighted by molar-refractivity contribution is 0.195. The first-order chi connectivity index (χ1) is 6.88. The van der Waals surface area contributed by atoms with Crippen LogP contribution in [0.4, 0.5) is 11.8 Å². The van der Waals surface area contributed by atoms with E-state index in [2.05, 4.69) is 20.6 Å². The Kier molecular flexibility index (Phi) is 2.78. The summed E-state index contributed by atoms with van der Waals surface area (Å²) in [5, 5.41) is 6.20. The predicted molar refractivity (Wildman–Crippen MR) is 54.4 cm³/mol. The number of aromatic nitrogens is 2. The number of ether oxygens (including phenoxy) is 1. The molecule has 5 nitrogen and oxygen atoms in total. The molecule has 0 radical (unpaired) electrons. The zero-order valence-corrected chi connectivity index (χ0v) is 8.16. The monoisotopic (exact) mass is 194 g/mol. The third-order valence-corrected chi connectivity index (χ3v) is 2.16. The quantitative estimate of drug-likeness (QED) is 0.742. The molecule has 2 rings (SSSR count). The third-order valence-electron chi connectivity index (χ3n) is 2.16. The first-order valence-electron chi connectivity index (χ1n) is 4.73. The topological polar surface area (TPSA) is 59.1 Å². The van der Waals surface area contributed by atoms with Crippen LogP contribution in [-0.4, -0.2) is 36.3 Å². The smallest absolute Gasteiger partial charge is 0.224 e. The molecular weight excluding hydrogens is 180 g/mol. The van der Waals surface area contributed by atoms with Crippen molar-refractivity contribution in [2.45, 2.75) is 12.5 Å². The van der Waals surface area contributed by atoms with E-state index in [0.29, 0.717) is 12.0 Å². The Balaban J connectivity index is 2.00. The van der Waals surface area contributed by atoms with Crippen LogP contribution in [0.5, 0.6) is 0 Å². The standard InChI is InChI=1S/C9H14N4O/c1-10-9-11-4-2-8(13-9)12-7-3-5-14-6-7/h2,4,7H,3,5-6H2,1H3,(H2,10,11,12,13). The summed E-state index contributed by atoms with van der Waals surface area (Å²) in [5.41, 5.74) is 0. The molecule has 0 amide bonds. The van der Waals surface area contributed by atoms with Gasteiger partial charge in [-0.25, -0.2) is 4.98 Å². The molecule has 1 atom stereocenters. The second-order valence-corrected chi connectivity index (χ2v) is 3.22. The number of nitrogens with zero attached hydrogens (tertiary/aromatic N) is 2. The molecule has 0 spiro atoms. The van der Waals surface area contributed by atoms with Gasteiger partial charge < -0.3 is 15.4 Å². The summed E-state index contributed by atoms with van der Waals surface area (Å²) >= 11 is 0. The van der Waals surface area contributed by atoms with Crippen molar-refractivity contribution >= 4 is 11.8 Å². The van der Waals surface area contributed by atoms with E-state index in [1.165, 1.54) is 0 Å². The Bertz CT molecular complexity index is 299. The van der Waals surface area contributed by atoms with Crippen LogP contribution in [0, 0.1) is 0 Å². The fourth-order valence-electron chi connectivity index (χ4n) is 1.42. The average molecular weight is 194 g/mol. The summed E-state index contributed by atoms with van der Waals surface area (Å²) in [7, 11) is 1.80. The Morgan fingerprint density at radius 3 is 3.21 bits per heavy atom. The highest BCUT2D eigenvalue weighted by atomic mass is 16.5. The summed E-state index contributed by atoms with van der Waals surface area (Å²) in [5.74, 6) is 1.48. The molecule has 1 aromatic rings. The Hall–Kier alpha value is -1.36. The van der Waals surface area contributed by atoms with Crippen molar-refractivity contribution in [3.63, 3.8) is 0 Å². The Labute approximate surface area is 82.9 Å². The van der Waals surface area contributed by atoms with Gasteiger partial charge in [-0.05, 0) is 12.5 Å². The van der Waals surface area contributed by atoms with Crippen molar-refractivity contribution in [1.29, 1.82) is 0 Å². The van der Waals surface area contributed by atoms with Crippen molar-refractivity contribution in [3.05, 3.63) is 12.3 Å². The molecule has 1 aliphatic heterocycles. The fourth-order valence-corrected chi connectivity index (χ4v) is 1.42. The molecule has 1 unspecified atom stereocenters. The van der Waals surface area contributed by atoms with Gasteiger partial charge in [0.2, 0.25) is 5.95 Å². The lowest BCUT2D eigenvalue weighted by Crippen LogP contribution is -2.19.